The van der Waals surface area contributed by atoms with Gasteiger partial charge in [-0.25, -0.2) is 0 Å². The lowest BCUT2D eigenvalue weighted by molar-refractivity contribution is -0.137. The molecule has 0 aliphatic heterocycles. The number of hydrogen-bond acceptors (Lipinski definition) is 2. The minimum Gasteiger partial charge on any atom is -0.338 e. The zero-order chi connectivity index (χ0) is 14.5. The fraction of sp³-hybridized carbons (Fsp3) is 0.588. The van der Waals surface area contributed by atoms with Crippen LogP contribution in [0.3, 0.4) is 0 Å². The van der Waals surface area contributed by atoms with E-state index in [9.17, 15) is 4.79 Å². The van der Waals surface area contributed by atoms with Crippen molar-refractivity contribution < 1.29 is 4.79 Å². The first-order valence-electron chi connectivity index (χ1n) is 7.66. The molecule has 0 spiro atoms. The van der Waals surface area contributed by atoms with Crippen LogP contribution in [0.2, 0.25) is 0 Å². The summed E-state index contributed by atoms with van der Waals surface area (Å²) in [5, 5.41) is 0. The average Bonchev–Trinajstić information content (AvgIpc) is 2.40. The van der Waals surface area contributed by atoms with Gasteiger partial charge in [0.25, 0.3) is 0 Å². The highest BCUT2D eigenvalue weighted by Crippen LogP contribution is 2.28. The smallest absolute Gasteiger partial charge is 0.227 e. The van der Waals surface area contributed by atoms with Crippen molar-refractivity contribution >= 4 is 5.91 Å². The van der Waals surface area contributed by atoms with Crippen molar-refractivity contribution in [1.82, 2.24) is 4.90 Å². The summed E-state index contributed by atoms with van der Waals surface area (Å²) in [7, 11) is 0. The average molecular weight is 274 g/mol. The van der Waals surface area contributed by atoms with Gasteiger partial charge in [0.1, 0.15) is 0 Å². The Morgan fingerprint density at radius 3 is 2.45 bits per heavy atom. The predicted molar refractivity (Wildman–Crippen MR) is 82.0 cm³/mol. The molecule has 3 heteroatoms. The second-order valence-corrected chi connectivity index (χ2v) is 6.15. The fourth-order valence-electron chi connectivity index (χ4n) is 2.54. The van der Waals surface area contributed by atoms with E-state index in [1.165, 1.54) is 24.8 Å². The Balaban J connectivity index is 2.05. The summed E-state index contributed by atoms with van der Waals surface area (Å²) in [6, 6.07) is 10.1. The maximum atomic E-state index is 12.6. The number of nitrogens with zero attached hydrogens (tertiary/aromatic N) is 1. The lowest BCUT2D eigenvalue weighted by Crippen LogP contribution is -2.44. The highest BCUT2D eigenvalue weighted by molar-refractivity contribution is 5.79. The third-order valence-corrected chi connectivity index (χ3v) is 4.41. The molecule has 2 rings (SSSR count). The van der Waals surface area contributed by atoms with Crippen molar-refractivity contribution in [1.29, 1.82) is 0 Å². The Bertz CT molecular complexity index is 426. The molecule has 1 aliphatic carbocycles. The van der Waals surface area contributed by atoms with Gasteiger partial charge in [0.15, 0.2) is 0 Å². The van der Waals surface area contributed by atoms with Crippen LogP contribution in [0, 0.1) is 11.8 Å². The van der Waals surface area contributed by atoms with Gasteiger partial charge in [0, 0.05) is 19.1 Å². The lowest BCUT2D eigenvalue weighted by atomic mass is 9.84. The lowest BCUT2D eigenvalue weighted by Gasteiger charge is -2.34. The van der Waals surface area contributed by atoms with Gasteiger partial charge in [0.05, 0.1) is 5.92 Å². The quantitative estimate of drug-likeness (QED) is 0.867. The molecule has 0 aromatic heterocycles. The van der Waals surface area contributed by atoms with Crippen LogP contribution >= 0.6 is 0 Å². The van der Waals surface area contributed by atoms with Gasteiger partial charge < -0.3 is 10.6 Å². The summed E-state index contributed by atoms with van der Waals surface area (Å²) >= 11 is 0. The van der Waals surface area contributed by atoms with Crippen molar-refractivity contribution in [2.75, 3.05) is 6.54 Å². The molecular formula is C17H26N2O. The van der Waals surface area contributed by atoms with Crippen molar-refractivity contribution in [3.8, 4) is 0 Å². The van der Waals surface area contributed by atoms with Crippen LogP contribution in [0.5, 0.6) is 0 Å². The van der Waals surface area contributed by atoms with Gasteiger partial charge in [-0.1, -0.05) is 43.7 Å². The molecule has 0 bridgehead atoms. The highest BCUT2D eigenvalue weighted by atomic mass is 16.2. The minimum absolute atomic E-state index is 0.0952. The molecule has 2 atom stereocenters. The molecule has 0 saturated heterocycles. The summed E-state index contributed by atoms with van der Waals surface area (Å²) in [6.07, 6.45) is 3.82. The SMILES string of the molecule is CC(N)C(C)C(=O)N(Cc1ccccc1)CC1CCC1. The number of carbonyl (C=O) groups is 1. The number of rotatable bonds is 6. The van der Waals surface area contributed by atoms with Gasteiger partial charge in [-0.3, -0.25) is 4.79 Å². The summed E-state index contributed by atoms with van der Waals surface area (Å²) in [5.74, 6) is 0.762. The molecule has 110 valence electrons. The summed E-state index contributed by atoms with van der Waals surface area (Å²) in [4.78, 5) is 14.6. The van der Waals surface area contributed by atoms with Crippen molar-refractivity contribution in [3.05, 3.63) is 35.9 Å². The molecule has 3 nitrogen and oxygen atoms in total. The van der Waals surface area contributed by atoms with Gasteiger partial charge in [-0.15, -0.1) is 0 Å². The normalized spacial score (nSPS) is 18.1. The van der Waals surface area contributed by atoms with E-state index < -0.39 is 0 Å². The Hall–Kier alpha value is -1.35. The molecule has 20 heavy (non-hydrogen) atoms. The van der Waals surface area contributed by atoms with E-state index in [1.54, 1.807) is 0 Å². The van der Waals surface area contributed by atoms with Gasteiger partial charge in [-0.05, 0) is 31.2 Å². The molecular weight excluding hydrogens is 248 g/mol. The third-order valence-electron chi connectivity index (χ3n) is 4.41. The largest absolute Gasteiger partial charge is 0.338 e. The van der Waals surface area contributed by atoms with Crippen LogP contribution in [0.25, 0.3) is 0 Å². The maximum Gasteiger partial charge on any atom is 0.227 e. The van der Waals surface area contributed by atoms with Crippen LogP contribution in [-0.2, 0) is 11.3 Å². The maximum absolute atomic E-state index is 12.6. The fourth-order valence-corrected chi connectivity index (χ4v) is 2.54. The van der Waals surface area contributed by atoms with Crippen LogP contribution in [-0.4, -0.2) is 23.4 Å². The zero-order valence-electron chi connectivity index (χ0n) is 12.6. The van der Waals surface area contributed by atoms with E-state index in [1.807, 2.05) is 36.9 Å². The Labute approximate surface area is 122 Å². The summed E-state index contributed by atoms with van der Waals surface area (Å²) in [5.41, 5.74) is 7.09. The van der Waals surface area contributed by atoms with E-state index in [-0.39, 0.29) is 17.9 Å². The molecule has 2 N–H and O–H groups in total. The Kier molecular flexibility index (Phi) is 5.18. The van der Waals surface area contributed by atoms with E-state index in [4.69, 9.17) is 5.73 Å². The van der Waals surface area contributed by atoms with Gasteiger partial charge in [0.2, 0.25) is 5.91 Å². The van der Waals surface area contributed by atoms with Crippen LogP contribution in [0.1, 0.15) is 38.7 Å². The van der Waals surface area contributed by atoms with E-state index in [2.05, 4.69) is 12.1 Å². The van der Waals surface area contributed by atoms with E-state index >= 15 is 0 Å². The van der Waals surface area contributed by atoms with Crippen molar-refractivity contribution in [3.63, 3.8) is 0 Å². The molecule has 1 aliphatic rings. The van der Waals surface area contributed by atoms with Crippen LogP contribution in [0.4, 0.5) is 0 Å². The number of hydrogen-bond donors (Lipinski definition) is 1. The molecule has 2 unspecified atom stereocenters. The van der Waals surface area contributed by atoms with Crippen molar-refractivity contribution in [2.24, 2.45) is 17.6 Å². The predicted octanol–water partition coefficient (Wildman–Crippen LogP) is 2.80. The highest BCUT2D eigenvalue weighted by Gasteiger charge is 2.27. The first-order chi connectivity index (χ1) is 9.58. The topological polar surface area (TPSA) is 46.3 Å². The van der Waals surface area contributed by atoms with Crippen LogP contribution in [0.15, 0.2) is 30.3 Å². The van der Waals surface area contributed by atoms with E-state index in [0.717, 1.165) is 6.54 Å². The second kappa shape index (κ2) is 6.89. The molecule has 0 heterocycles. The van der Waals surface area contributed by atoms with Crippen molar-refractivity contribution in [2.45, 2.75) is 45.7 Å². The molecule has 0 radical (unpaired) electrons. The minimum atomic E-state index is -0.112. The summed E-state index contributed by atoms with van der Waals surface area (Å²) < 4.78 is 0. The number of nitrogens with two attached hydrogens (primary N) is 1. The third kappa shape index (κ3) is 3.83. The molecule has 1 aromatic carbocycles. The van der Waals surface area contributed by atoms with Gasteiger partial charge >= 0.3 is 0 Å². The standard InChI is InChI=1S/C17H26N2O/c1-13(14(2)18)17(20)19(12-16-9-6-10-16)11-15-7-4-3-5-8-15/h3-5,7-8,13-14,16H,6,9-12,18H2,1-2H3. The first kappa shape index (κ1) is 15.0. The molecule has 1 saturated carbocycles. The molecule has 1 fully saturated rings. The molecule has 1 aromatic rings. The zero-order valence-corrected chi connectivity index (χ0v) is 12.6. The van der Waals surface area contributed by atoms with E-state index in [0.29, 0.717) is 12.5 Å². The Morgan fingerprint density at radius 2 is 1.95 bits per heavy atom. The number of benzene rings is 1. The Morgan fingerprint density at radius 1 is 1.30 bits per heavy atom. The summed E-state index contributed by atoms with van der Waals surface area (Å²) in [6.45, 7) is 5.43. The molecule has 1 amide bonds. The number of amides is 1. The van der Waals surface area contributed by atoms with Gasteiger partial charge in [-0.2, -0.15) is 0 Å². The number of carbonyl (C=O) groups excluding carboxylic acids is 1. The van der Waals surface area contributed by atoms with Crippen LogP contribution < -0.4 is 5.73 Å². The monoisotopic (exact) mass is 274 g/mol. The first-order valence-corrected chi connectivity index (χ1v) is 7.66. The second-order valence-electron chi connectivity index (χ2n) is 6.15.